The molecule has 1 aliphatic heterocycles. The van der Waals surface area contributed by atoms with Crippen LogP contribution in [0.5, 0.6) is 0 Å². The largest absolute Gasteiger partial charge is 0.393 e. The Balaban J connectivity index is 2.16. The number of rotatable bonds is 5. The Morgan fingerprint density at radius 3 is 2.62 bits per heavy atom. The van der Waals surface area contributed by atoms with Crippen molar-refractivity contribution < 1.29 is 9.90 Å². The van der Waals surface area contributed by atoms with Gasteiger partial charge in [-0.1, -0.05) is 37.3 Å². The zero-order valence-corrected chi connectivity index (χ0v) is 13.2. The molecule has 0 aliphatic carbocycles. The Kier molecular flexibility index (Phi) is 5.37. The van der Waals surface area contributed by atoms with E-state index in [0.717, 1.165) is 25.1 Å². The molecule has 1 aliphatic rings. The lowest BCUT2D eigenvalue weighted by Gasteiger charge is -2.30. The molecule has 116 valence electrons. The number of likely N-dealkylation sites (N-methyl/N-ethyl adjacent to an activating group) is 1. The van der Waals surface area contributed by atoms with Gasteiger partial charge < -0.3 is 10.0 Å². The lowest BCUT2D eigenvalue weighted by atomic mass is 10.0. The van der Waals surface area contributed by atoms with Gasteiger partial charge in [0.05, 0.1) is 6.10 Å². The first-order chi connectivity index (χ1) is 10.0. The molecule has 0 spiro atoms. The Morgan fingerprint density at radius 2 is 2.10 bits per heavy atom. The molecule has 1 amide bonds. The standard InChI is InChI=1S/C17H26N2O2/c1-4-18(3)16(14-8-6-5-7-9-14)17(21)19-11-10-15(12-19)13(2)20/h5-9,13,15-16,20H,4,10-12H2,1-3H3. The third-order valence-electron chi connectivity index (χ3n) is 4.51. The van der Waals surface area contributed by atoms with E-state index in [0.29, 0.717) is 6.54 Å². The fraction of sp³-hybridized carbons (Fsp3) is 0.588. The van der Waals surface area contributed by atoms with E-state index in [2.05, 4.69) is 11.8 Å². The average molecular weight is 290 g/mol. The number of amides is 1. The van der Waals surface area contributed by atoms with E-state index in [9.17, 15) is 9.90 Å². The molecular formula is C17H26N2O2. The predicted molar refractivity (Wildman–Crippen MR) is 83.9 cm³/mol. The van der Waals surface area contributed by atoms with E-state index in [4.69, 9.17) is 0 Å². The topological polar surface area (TPSA) is 43.8 Å². The summed E-state index contributed by atoms with van der Waals surface area (Å²) in [6.45, 7) is 6.10. The molecule has 0 radical (unpaired) electrons. The van der Waals surface area contributed by atoms with Gasteiger partial charge in [0.2, 0.25) is 5.91 Å². The number of carbonyl (C=O) groups is 1. The van der Waals surface area contributed by atoms with Gasteiger partial charge in [-0.25, -0.2) is 0 Å². The minimum absolute atomic E-state index is 0.147. The zero-order chi connectivity index (χ0) is 15.4. The van der Waals surface area contributed by atoms with Gasteiger partial charge in [-0.3, -0.25) is 9.69 Å². The zero-order valence-electron chi connectivity index (χ0n) is 13.2. The number of hydrogen-bond acceptors (Lipinski definition) is 3. The van der Waals surface area contributed by atoms with Crippen LogP contribution in [0, 0.1) is 5.92 Å². The summed E-state index contributed by atoms with van der Waals surface area (Å²) in [7, 11) is 1.98. The maximum atomic E-state index is 12.9. The monoisotopic (exact) mass is 290 g/mol. The van der Waals surface area contributed by atoms with Gasteiger partial charge in [-0.15, -0.1) is 0 Å². The van der Waals surface area contributed by atoms with E-state index in [-0.39, 0.29) is 24.0 Å². The molecule has 1 heterocycles. The van der Waals surface area contributed by atoms with Crippen LogP contribution >= 0.6 is 0 Å². The van der Waals surface area contributed by atoms with Crippen LogP contribution in [0.2, 0.25) is 0 Å². The molecule has 1 saturated heterocycles. The maximum Gasteiger partial charge on any atom is 0.244 e. The molecule has 1 aromatic carbocycles. The van der Waals surface area contributed by atoms with E-state index in [1.807, 2.05) is 49.2 Å². The molecular weight excluding hydrogens is 264 g/mol. The Morgan fingerprint density at radius 1 is 1.43 bits per heavy atom. The van der Waals surface area contributed by atoms with Crippen molar-refractivity contribution in [1.82, 2.24) is 9.80 Å². The van der Waals surface area contributed by atoms with E-state index >= 15 is 0 Å². The van der Waals surface area contributed by atoms with E-state index < -0.39 is 0 Å². The second kappa shape index (κ2) is 7.05. The van der Waals surface area contributed by atoms with Crippen LogP contribution in [-0.2, 0) is 4.79 Å². The summed E-state index contributed by atoms with van der Waals surface area (Å²) in [5.41, 5.74) is 1.03. The number of hydrogen-bond donors (Lipinski definition) is 1. The van der Waals surface area contributed by atoms with Crippen molar-refractivity contribution in [2.24, 2.45) is 5.92 Å². The number of aliphatic hydroxyl groups is 1. The summed E-state index contributed by atoms with van der Waals surface area (Å²) < 4.78 is 0. The van der Waals surface area contributed by atoms with Gasteiger partial charge in [0.25, 0.3) is 0 Å². The minimum Gasteiger partial charge on any atom is -0.393 e. The third-order valence-corrected chi connectivity index (χ3v) is 4.51. The molecule has 2 rings (SSSR count). The lowest BCUT2D eigenvalue weighted by Crippen LogP contribution is -2.41. The van der Waals surface area contributed by atoms with Crippen LogP contribution in [0.3, 0.4) is 0 Å². The molecule has 21 heavy (non-hydrogen) atoms. The Labute approximate surface area is 127 Å². The van der Waals surface area contributed by atoms with Gasteiger partial charge in [-0.05, 0) is 32.5 Å². The number of carbonyl (C=O) groups excluding carboxylic acids is 1. The number of likely N-dealkylation sites (tertiary alicyclic amines) is 1. The first kappa shape index (κ1) is 16.0. The van der Waals surface area contributed by atoms with Crippen molar-refractivity contribution in [3.05, 3.63) is 35.9 Å². The molecule has 1 aromatic rings. The van der Waals surface area contributed by atoms with Crippen molar-refractivity contribution >= 4 is 5.91 Å². The van der Waals surface area contributed by atoms with Crippen LogP contribution in [-0.4, -0.2) is 53.6 Å². The second-order valence-corrected chi connectivity index (χ2v) is 5.96. The Bertz CT molecular complexity index is 461. The first-order valence-electron chi connectivity index (χ1n) is 7.76. The highest BCUT2D eigenvalue weighted by Crippen LogP contribution is 2.26. The van der Waals surface area contributed by atoms with Crippen molar-refractivity contribution in [3.8, 4) is 0 Å². The molecule has 1 N–H and O–H groups in total. The molecule has 4 heteroatoms. The van der Waals surface area contributed by atoms with Gasteiger partial charge in [-0.2, -0.15) is 0 Å². The van der Waals surface area contributed by atoms with Gasteiger partial charge in [0.1, 0.15) is 6.04 Å². The molecule has 0 aromatic heterocycles. The number of benzene rings is 1. The fourth-order valence-corrected chi connectivity index (χ4v) is 2.96. The van der Waals surface area contributed by atoms with Crippen molar-refractivity contribution in [2.75, 3.05) is 26.7 Å². The van der Waals surface area contributed by atoms with Crippen LogP contribution in [0.25, 0.3) is 0 Å². The van der Waals surface area contributed by atoms with Crippen LogP contribution < -0.4 is 0 Å². The highest BCUT2D eigenvalue weighted by atomic mass is 16.3. The molecule has 3 atom stereocenters. The highest BCUT2D eigenvalue weighted by molar-refractivity contribution is 5.83. The van der Waals surface area contributed by atoms with Crippen LogP contribution in [0.4, 0.5) is 0 Å². The smallest absolute Gasteiger partial charge is 0.244 e. The highest BCUT2D eigenvalue weighted by Gasteiger charge is 2.34. The molecule has 0 bridgehead atoms. The molecule has 1 fully saturated rings. The Hall–Kier alpha value is -1.39. The quantitative estimate of drug-likeness (QED) is 0.901. The fourth-order valence-electron chi connectivity index (χ4n) is 2.96. The summed E-state index contributed by atoms with van der Waals surface area (Å²) in [6.07, 6.45) is 0.544. The van der Waals surface area contributed by atoms with Crippen LogP contribution in [0.1, 0.15) is 31.9 Å². The van der Waals surface area contributed by atoms with Crippen molar-refractivity contribution in [2.45, 2.75) is 32.4 Å². The summed E-state index contributed by atoms with van der Waals surface area (Å²) in [6, 6.07) is 9.71. The van der Waals surface area contributed by atoms with Crippen molar-refractivity contribution in [3.63, 3.8) is 0 Å². The summed E-state index contributed by atoms with van der Waals surface area (Å²) >= 11 is 0. The molecule has 4 nitrogen and oxygen atoms in total. The summed E-state index contributed by atoms with van der Waals surface area (Å²) in [5.74, 6) is 0.353. The van der Waals surface area contributed by atoms with Gasteiger partial charge in [0, 0.05) is 19.0 Å². The average Bonchev–Trinajstić information content (AvgIpc) is 2.98. The normalized spacial score (nSPS) is 21.6. The van der Waals surface area contributed by atoms with Crippen molar-refractivity contribution in [1.29, 1.82) is 0 Å². The summed E-state index contributed by atoms with van der Waals surface area (Å²) in [5, 5.41) is 9.71. The predicted octanol–water partition coefficient (Wildman–Crippen LogP) is 1.91. The van der Waals surface area contributed by atoms with E-state index in [1.54, 1.807) is 0 Å². The van der Waals surface area contributed by atoms with Crippen LogP contribution in [0.15, 0.2) is 30.3 Å². The second-order valence-electron chi connectivity index (χ2n) is 5.96. The summed E-state index contributed by atoms with van der Waals surface area (Å²) in [4.78, 5) is 16.9. The molecule has 0 saturated carbocycles. The number of nitrogens with zero attached hydrogens (tertiary/aromatic N) is 2. The number of aliphatic hydroxyl groups excluding tert-OH is 1. The SMILES string of the molecule is CCN(C)C(C(=O)N1CCC(C(C)O)C1)c1ccccc1. The first-order valence-corrected chi connectivity index (χ1v) is 7.76. The van der Waals surface area contributed by atoms with Gasteiger partial charge >= 0.3 is 0 Å². The minimum atomic E-state index is -0.345. The third kappa shape index (κ3) is 3.63. The van der Waals surface area contributed by atoms with E-state index in [1.165, 1.54) is 0 Å². The molecule has 3 unspecified atom stereocenters. The lowest BCUT2D eigenvalue weighted by molar-refractivity contribution is -0.136. The van der Waals surface area contributed by atoms with Gasteiger partial charge in [0.15, 0.2) is 0 Å². The maximum absolute atomic E-state index is 12.9.